The first-order valence-electron chi connectivity index (χ1n) is 7.19. The summed E-state index contributed by atoms with van der Waals surface area (Å²) >= 11 is 0. The molecule has 19 heavy (non-hydrogen) atoms. The molecule has 0 saturated carbocycles. The summed E-state index contributed by atoms with van der Waals surface area (Å²) in [5.41, 5.74) is 0. The summed E-state index contributed by atoms with van der Waals surface area (Å²) in [5, 5.41) is 3.56. The lowest BCUT2D eigenvalue weighted by atomic mass is 9.94. The zero-order chi connectivity index (χ0) is 13.1. The van der Waals surface area contributed by atoms with Crippen molar-refractivity contribution in [3.05, 3.63) is 30.1 Å². The standard InChI is InChI=1S/C15H21FN2O/c16-12-4-6-13(7-5-12)19-11-14-15-3-1-2-9-18(15)10-8-17-14/h4-7,14-15,17H,1-3,8-11H2. The third kappa shape index (κ3) is 3.07. The lowest BCUT2D eigenvalue weighted by Gasteiger charge is -2.44. The van der Waals surface area contributed by atoms with Gasteiger partial charge in [-0.05, 0) is 43.7 Å². The van der Waals surface area contributed by atoms with Gasteiger partial charge in [-0.3, -0.25) is 4.90 Å². The quantitative estimate of drug-likeness (QED) is 0.904. The van der Waals surface area contributed by atoms with E-state index in [1.807, 2.05) is 0 Å². The number of hydrogen-bond acceptors (Lipinski definition) is 3. The zero-order valence-electron chi connectivity index (χ0n) is 11.1. The van der Waals surface area contributed by atoms with Crippen LogP contribution in [-0.4, -0.2) is 43.2 Å². The number of halogens is 1. The Morgan fingerprint density at radius 1 is 1.21 bits per heavy atom. The SMILES string of the molecule is Fc1ccc(OCC2NCCN3CCCCC23)cc1. The van der Waals surface area contributed by atoms with Crippen molar-refractivity contribution in [3.8, 4) is 5.75 Å². The number of piperazine rings is 1. The van der Waals surface area contributed by atoms with E-state index in [2.05, 4.69) is 10.2 Å². The van der Waals surface area contributed by atoms with Crippen molar-refractivity contribution < 1.29 is 9.13 Å². The summed E-state index contributed by atoms with van der Waals surface area (Å²) in [4.78, 5) is 2.58. The predicted octanol–water partition coefficient (Wildman–Crippen LogP) is 2.03. The van der Waals surface area contributed by atoms with Crippen LogP contribution in [0.2, 0.25) is 0 Å². The van der Waals surface area contributed by atoms with Crippen LogP contribution >= 0.6 is 0 Å². The van der Waals surface area contributed by atoms with Crippen molar-refractivity contribution >= 4 is 0 Å². The van der Waals surface area contributed by atoms with Gasteiger partial charge in [-0.1, -0.05) is 6.42 Å². The molecule has 104 valence electrons. The molecule has 1 aromatic rings. The maximum Gasteiger partial charge on any atom is 0.123 e. The number of nitrogens with zero attached hydrogens (tertiary/aromatic N) is 1. The van der Waals surface area contributed by atoms with E-state index in [0.717, 1.165) is 18.8 Å². The minimum atomic E-state index is -0.221. The molecular weight excluding hydrogens is 243 g/mol. The van der Waals surface area contributed by atoms with Crippen LogP contribution in [0.1, 0.15) is 19.3 Å². The fourth-order valence-corrected chi connectivity index (χ4v) is 3.17. The number of rotatable bonds is 3. The van der Waals surface area contributed by atoms with Crippen molar-refractivity contribution in [2.45, 2.75) is 31.3 Å². The topological polar surface area (TPSA) is 24.5 Å². The highest BCUT2D eigenvalue weighted by atomic mass is 19.1. The minimum absolute atomic E-state index is 0.221. The number of fused-ring (bicyclic) bond motifs is 1. The van der Waals surface area contributed by atoms with E-state index in [1.54, 1.807) is 12.1 Å². The molecule has 0 bridgehead atoms. The number of benzene rings is 1. The Hall–Kier alpha value is -1.13. The lowest BCUT2D eigenvalue weighted by Crippen LogP contribution is -2.61. The second-order valence-electron chi connectivity index (χ2n) is 5.42. The first-order valence-corrected chi connectivity index (χ1v) is 7.19. The minimum Gasteiger partial charge on any atom is -0.492 e. The molecule has 3 nitrogen and oxygen atoms in total. The molecule has 2 fully saturated rings. The summed E-state index contributed by atoms with van der Waals surface area (Å²) in [6.07, 6.45) is 3.89. The molecule has 2 aliphatic heterocycles. The maximum absolute atomic E-state index is 12.8. The van der Waals surface area contributed by atoms with Gasteiger partial charge in [0.15, 0.2) is 0 Å². The van der Waals surface area contributed by atoms with Crippen LogP contribution in [0.25, 0.3) is 0 Å². The summed E-state index contributed by atoms with van der Waals surface area (Å²) in [7, 11) is 0. The van der Waals surface area contributed by atoms with Crippen LogP contribution < -0.4 is 10.1 Å². The Morgan fingerprint density at radius 2 is 2.05 bits per heavy atom. The highest BCUT2D eigenvalue weighted by Gasteiger charge is 2.32. The number of piperidine rings is 1. The summed E-state index contributed by atoms with van der Waals surface area (Å²) in [6.45, 7) is 4.07. The fourth-order valence-electron chi connectivity index (χ4n) is 3.17. The molecular formula is C15H21FN2O. The Bertz CT molecular complexity index is 407. The monoisotopic (exact) mass is 264 g/mol. The molecule has 4 heteroatoms. The Balaban J connectivity index is 1.57. The molecule has 3 rings (SSSR count). The van der Waals surface area contributed by atoms with Crippen LogP contribution in [0.15, 0.2) is 24.3 Å². The van der Waals surface area contributed by atoms with Gasteiger partial charge in [-0.15, -0.1) is 0 Å². The molecule has 1 aromatic carbocycles. The van der Waals surface area contributed by atoms with E-state index in [-0.39, 0.29) is 5.82 Å². The second kappa shape index (κ2) is 5.88. The molecule has 2 atom stereocenters. The molecule has 0 aromatic heterocycles. The zero-order valence-corrected chi connectivity index (χ0v) is 11.1. The fraction of sp³-hybridized carbons (Fsp3) is 0.600. The van der Waals surface area contributed by atoms with Gasteiger partial charge < -0.3 is 10.1 Å². The molecule has 2 aliphatic rings. The second-order valence-corrected chi connectivity index (χ2v) is 5.42. The van der Waals surface area contributed by atoms with Crippen LogP contribution in [0, 0.1) is 5.82 Å². The number of ether oxygens (including phenoxy) is 1. The van der Waals surface area contributed by atoms with Crippen molar-refractivity contribution in [1.82, 2.24) is 10.2 Å². The summed E-state index contributed by atoms with van der Waals surface area (Å²) in [5.74, 6) is 0.526. The largest absolute Gasteiger partial charge is 0.492 e. The van der Waals surface area contributed by atoms with Gasteiger partial charge in [0.1, 0.15) is 18.2 Å². The van der Waals surface area contributed by atoms with Crippen molar-refractivity contribution in [2.24, 2.45) is 0 Å². The molecule has 2 saturated heterocycles. The van der Waals surface area contributed by atoms with Crippen molar-refractivity contribution in [2.75, 3.05) is 26.2 Å². The van der Waals surface area contributed by atoms with E-state index in [1.165, 1.54) is 37.9 Å². The average Bonchev–Trinajstić information content (AvgIpc) is 2.47. The molecule has 2 unspecified atom stereocenters. The predicted molar refractivity (Wildman–Crippen MR) is 72.9 cm³/mol. The average molecular weight is 264 g/mol. The van der Waals surface area contributed by atoms with E-state index < -0.39 is 0 Å². The number of hydrogen-bond donors (Lipinski definition) is 1. The molecule has 0 spiro atoms. The number of nitrogens with one attached hydrogen (secondary N) is 1. The van der Waals surface area contributed by atoms with Gasteiger partial charge in [0.25, 0.3) is 0 Å². The van der Waals surface area contributed by atoms with E-state index in [0.29, 0.717) is 18.7 Å². The van der Waals surface area contributed by atoms with Crippen LogP contribution in [0.4, 0.5) is 4.39 Å². The van der Waals surface area contributed by atoms with Crippen LogP contribution in [0.3, 0.4) is 0 Å². The van der Waals surface area contributed by atoms with E-state index >= 15 is 0 Å². The van der Waals surface area contributed by atoms with Crippen LogP contribution in [-0.2, 0) is 0 Å². The van der Waals surface area contributed by atoms with Gasteiger partial charge in [0.2, 0.25) is 0 Å². The maximum atomic E-state index is 12.8. The van der Waals surface area contributed by atoms with Gasteiger partial charge in [-0.2, -0.15) is 0 Å². The third-order valence-electron chi connectivity index (χ3n) is 4.18. The van der Waals surface area contributed by atoms with Gasteiger partial charge in [0, 0.05) is 19.1 Å². The molecule has 0 aliphatic carbocycles. The van der Waals surface area contributed by atoms with Gasteiger partial charge in [0.05, 0.1) is 6.04 Å². The summed E-state index contributed by atoms with van der Waals surface area (Å²) in [6, 6.07) is 7.25. The Kier molecular flexibility index (Phi) is 3.99. The Labute approximate surface area is 113 Å². The molecule has 0 radical (unpaired) electrons. The lowest BCUT2D eigenvalue weighted by molar-refractivity contribution is 0.0624. The smallest absolute Gasteiger partial charge is 0.123 e. The highest BCUT2D eigenvalue weighted by Crippen LogP contribution is 2.22. The van der Waals surface area contributed by atoms with E-state index in [4.69, 9.17) is 4.74 Å². The first-order chi connectivity index (χ1) is 9.33. The van der Waals surface area contributed by atoms with Crippen molar-refractivity contribution in [3.63, 3.8) is 0 Å². The highest BCUT2D eigenvalue weighted by molar-refractivity contribution is 5.22. The third-order valence-corrected chi connectivity index (χ3v) is 4.18. The van der Waals surface area contributed by atoms with Gasteiger partial charge in [-0.25, -0.2) is 4.39 Å². The van der Waals surface area contributed by atoms with E-state index in [9.17, 15) is 4.39 Å². The van der Waals surface area contributed by atoms with Gasteiger partial charge >= 0.3 is 0 Å². The molecule has 2 heterocycles. The van der Waals surface area contributed by atoms with Crippen molar-refractivity contribution in [1.29, 1.82) is 0 Å². The molecule has 1 N–H and O–H groups in total. The summed E-state index contributed by atoms with van der Waals surface area (Å²) < 4.78 is 18.6. The first kappa shape index (κ1) is 12.9. The van der Waals surface area contributed by atoms with Crippen LogP contribution in [0.5, 0.6) is 5.75 Å². The normalized spacial score (nSPS) is 27.8. The Morgan fingerprint density at radius 3 is 2.89 bits per heavy atom. The molecule has 0 amide bonds.